The number of nitrogens with one attached hydrogen (secondary N) is 1. The van der Waals surface area contributed by atoms with Crippen LogP contribution in [-0.2, 0) is 16.1 Å². The monoisotopic (exact) mass is 372 g/mol. The van der Waals surface area contributed by atoms with Crippen LogP contribution in [0.3, 0.4) is 0 Å². The molecule has 1 heterocycles. The predicted molar refractivity (Wildman–Crippen MR) is 110 cm³/mol. The second-order valence-corrected chi connectivity index (χ2v) is 7.43. The number of rotatable bonds is 4. The highest BCUT2D eigenvalue weighted by atomic mass is 16.2. The normalized spacial score (nSPS) is 15.5. The SMILES string of the molecule is O=C(NCCC(=O)N1Cc2ccccc2C#Cc2ccccc21)C1CCCC1. The molecule has 2 amide bonds. The van der Waals surface area contributed by atoms with E-state index in [1.807, 2.05) is 48.5 Å². The number of hydrogen-bond acceptors (Lipinski definition) is 2. The van der Waals surface area contributed by atoms with Crippen molar-refractivity contribution in [3.63, 3.8) is 0 Å². The lowest BCUT2D eigenvalue weighted by molar-refractivity contribution is -0.125. The summed E-state index contributed by atoms with van der Waals surface area (Å²) in [6, 6.07) is 15.7. The third-order valence-corrected chi connectivity index (χ3v) is 5.54. The molecule has 0 atom stereocenters. The van der Waals surface area contributed by atoms with E-state index in [4.69, 9.17) is 0 Å². The minimum atomic E-state index is -0.00215. The van der Waals surface area contributed by atoms with Gasteiger partial charge in [-0.1, -0.05) is 55.0 Å². The molecule has 4 heteroatoms. The number of amides is 2. The first-order valence-corrected chi connectivity index (χ1v) is 9.99. The van der Waals surface area contributed by atoms with Crippen LogP contribution in [0.1, 0.15) is 48.8 Å². The molecule has 1 aliphatic heterocycles. The molecule has 0 bridgehead atoms. The molecule has 0 aromatic heterocycles. The summed E-state index contributed by atoms with van der Waals surface area (Å²) in [6.07, 6.45) is 4.47. The average Bonchev–Trinajstić information content (AvgIpc) is 3.24. The van der Waals surface area contributed by atoms with Crippen LogP contribution in [0.5, 0.6) is 0 Å². The maximum Gasteiger partial charge on any atom is 0.229 e. The van der Waals surface area contributed by atoms with Crippen LogP contribution in [0.4, 0.5) is 5.69 Å². The number of fused-ring (bicyclic) bond motifs is 2. The van der Waals surface area contributed by atoms with E-state index in [2.05, 4.69) is 17.2 Å². The third-order valence-electron chi connectivity index (χ3n) is 5.54. The van der Waals surface area contributed by atoms with Crippen molar-refractivity contribution in [2.75, 3.05) is 11.4 Å². The lowest BCUT2D eigenvalue weighted by Gasteiger charge is -2.26. The first-order valence-electron chi connectivity index (χ1n) is 9.99. The van der Waals surface area contributed by atoms with Crippen LogP contribution in [0, 0.1) is 17.8 Å². The molecule has 4 nitrogen and oxygen atoms in total. The fourth-order valence-corrected chi connectivity index (χ4v) is 3.97. The fraction of sp³-hybridized carbons (Fsp3) is 0.333. The molecule has 2 aromatic carbocycles. The quantitative estimate of drug-likeness (QED) is 0.833. The molecule has 142 valence electrons. The first kappa shape index (κ1) is 18.3. The van der Waals surface area contributed by atoms with Gasteiger partial charge in [0.05, 0.1) is 12.2 Å². The maximum atomic E-state index is 13.1. The van der Waals surface area contributed by atoms with Crippen LogP contribution in [0.25, 0.3) is 0 Å². The third kappa shape index (κ3) is 3.94. The van der Waals surface area contributed by atoms with Gasteiger partial charge in [0, 0.05) is 30.0 Å². The van der Waals surface area contributed by atoms with E-state index >= 15 is 0 Å². The topological polar surface area (TPSA) is 49.4 Å². The van der Waals surface area contributed by atoms with Crippen molar-refractivity contribution < 1.29 is 9.59 Å². The maximum absolute atomic E-state index is 13.1. The zero-order chi connectivity index (χ0) is 19.3. The van der Waals surface area contributed by atoms with Gasteiger partial charge in [0.25, 0.3) is 0 Å². The number of benzene rings is 2. The largest absolute Gasteiger partial charge is 0.355 e. The van der Waals surface area contributed by atoms with Gasteiger partial charge in [0.15, 0.2) is 0 Å². The number of para-hydroxylation sites is 1. The highest BCUT2D eigenvalue weighted by molar-refractivity contribution is 5.95. The minimum Gasteiger partial charge on any atom is -0.355 e. The van der Waals surface area contributed by atoms with E-state index in [0.29, 0.717) is 13.1 Å². The Balaban J connectivity index is 1.50. The molecular weight excluding hydrogens is 348 g/mol. The van der Waals surface area contributed by atoms with Gasteiger partial charge in [0.2, 0.25) is 11.8 Å². The predicted octanol–water partition coefficient (Wildman–Crippen LogP) is 3.63. The standard InChI is InChI=1S/C24H24N2O2/c27-23(15-16-25-24(28)20-9-2-3-10-20)26-17-21-11-4-1-7-18(21)13-14-19-8-5-6-12-22(19)26/h1,4-8,11-12,20H,2-3,9-10,15-17H2,(H,25,28). The van der Waals surface area contributed by atoms with Gasteiger partial charge in [-0.15, -0.1) is 0 Å². The molecule has 2 aliphatic rings. The molecule has 0 unspecified atom stereocenters. The molecule has 1 N–H and O–H groups in total. The summed E-state index contributed by atoms with van der Waals surface area (Å²) in [4.78, 5) is 27.1. The van der Waals surface area contributed by atoms with E-state index in [9.17, 15) is 9.59 Å². The lowest BCUT2D eigenvalue weighted by atomic mass is 10.0. The summed E-state index contributed by atoms with van der Waals surface area (Å²) in [5.41, 5.74) is 3.66. The smallest absolute Gasteiger partial charge is 0.229 e. The van der Waals surface area contributed by atoms with Crippen molar-refractivity contribution in [2.24, 2.45) is 5.92 Å². The highest BCUT2D eigenvalue weighted by Gasteiger charge is 2.24. The molecule has 1 fully saturated rings. The van der Waals surface area contributed by atoms with Crippen molar-refractivity contribution >= 4 is 17.5 Å². The van der Waals surface area contributed by atoms with Gasteiger partial charge in [0.1, 0.15) is 0 Å². The Morgan fingerprint density at radius 3 is 2.46 bits per heavy atom. The molecule has 28 heavy (non-hydrogen) atoms. The molecule has 0 saturated heterocycles. The van der Waals surface area contributed by atoms with Crippen LogP contribution in [0.15, 0.2) is 48.5 Å². The van der Waals surface area contributed by atoms with Crippen molar-refractivity contribution in [1.82, 2.24) is 5.32 Å². The van der Waals surface area contributed by atoms with Gasteiger partial charge in [-0.25, -0.2) is 0 Å². The van der Waals surface area contributed by atoms with Crippen molar-refractivity contribution in [3.05, 3.63) is 65.2 Å². The molecule has 1 saturated carbocycles. The Kier molecular flexibility index (Phi) is 5.43. The van der Waals surface area contributed by atoms with Gasteiger partial charge in [-0.3, -0.25) is 9.59 Å². The van der Waals surface area contributed by atoms with Crippen LogP contribution < -0.4 is 10.2 Å². The van der Waals surface area contributed by atoms with E-state index in [1.54, 1.807) is 4.90 Å². The Labute approximate surface area is 165 Å². The summed E-state index contributed by atoms with van der Waals surface area (Å²) in [6.45, 7) is 0.859. The van der Waals surface area contributed by atoms with Crippen molar-refractivity contribution in [2.45, 2.75) is 38.6 Å². The van der Waals surface area contributed by atoms with E-state index in [0.717, 1.165) is 48.1 Å². The van der Waals surface area contributed by atoms with Gasteiger partial charge < -0.3 is 10.2 Å². The van der Waals surface area contributed by atoms with E-state index in [1.165, 1.54) is 0 Å². The summed E-state index contributed by atoms with van der Waals surface area (Å²) in [7, 11) is 0. The van der Waals surface area contributed by atoms with Gasteiger partial charge in [-0.05, 0) is 36.6 Å². The summed E-state index contributed by atoms with van der Waals surface area (Å²) < 4.78 is 0. The van der Waals surface area contributed by atoms with Gasteiger partial charge in [-0.2, -0.15) is 0 Å². The van der Waals surface area contributed by atoms with E-state index < -0.39 is 0 Å². The minimum absolute atomic E-state index is 0.00215. The van der Waals surface area contributed by atoms with Crippen LogP contribution >= 0.6 is 0 Å². The summed E-state index contributed by atoms with van der Waals surface area (Å²) in [5.74, 6) is 6.64. The lowest BCUT2D eigenvalue weighted by Crippen LogP contribution is -2.36. The zero-order valence-corrected chi connectivity index (χ0v) is 15.9. The molecule has 0 radical (unpaired) electrons. The van der Waals surface area contributed by atoms with Crippen LogP contribution in [0.2, 0.25) is 0 Å². The van der Waals surface area contributed by atoms with E-state index in [-0.39, 0.29) is 24.2 Å². The number of hydrogen-bond donors (Lipinski definition) is 1. The molecule has 1 aliphatic carbocycles. The number of carbonyl (C=O) groups is 2. The summed E-state index contributed by atoms with van der Waals surface area (Å²) in [5, 5.41) is 2.95. The van der Waals surface area contributed by atoms with Crippen molar-refractivity contribution in [3.8, 4) is 11.8 Å². The second-order valence-electron chi connectivity index (χ2n) is 7.43. The Morgan fingerprint density at radius 2 is 1.64 bits per heavy atom. The number of carbonyl (C=O) groups excluding carboxylic acids is 2. The highest BCUT2D eigenvalue weighted by Crippen LogP contribution is 2.26. The van der Waals surface area contributed by atoms with Gasteiger partial charge >= 0.3 is 0 Å². The number of nitrogens with zero attached hydrogens (tertiary/aromatic N) is 1. The van der Waals surface area contributed by atoms with Crippen molar-refractivity contribution in [1.29, 1.82) is 0 Å². The molecule has 0 spiro atoms. The Hall–Kier alpha value is -3.06. The average molecular weight is 372 g/mol. The molecule has 2 aromatic rings. The van der Waals surface area contributed by atoms with Crippen LogP contribution in [-0.4, -0.2) is 18.4 Å². The molecule has 4 rings (SSSR count). The summed E-state index contributed by atoms with van der Waals surface area (Å²) >= 11 is 0. The Bertz CT molecular complexity index is 948. The fourth-order valence-electron chi connectivity index (χ4n) is 3.97. The number of anilines is 1. The second kappa shape index (κ2) is 8.31. The Morgan fingerprint density at radius 1 is 0.964 bits per heavy atom. The zero-order valence-electron chi connectivity index (χ0n) is 15.9. The molecular formula is C24H24N2O2. The first-order chi connectivity index (χ1) is 13.7.